The number of carbonyl (C=O) groups excluding carboxylic acids is 1. The first kappa shape index (κ1) is 27.1. The number of allylic oxidation sites excluding steroid dienone is 1. The van der Waals surface area contributed by atoms with E-state index < -0.39 is 0 Å². The zero-order chi connectivity index (χ0) is 18.6. The normalized spacial score (nSPS) is 13.8. The Balaban J connectivity index is 0. The number of rotatable bonds is 15. The molecule has 2 unspecified atom stereocenters. The average molecular weight is 419 g/mol. The summed E-state index contributed by atoms with van der Waals surface area (Å²) in [6.45, 7) is 14.0. The van der Waals surface area contributed by atoms with Crippen LogP contribution in [0.1, 0.15) is 105 Å². The number of hydrogen-bond donors (Lipinski definition) is 1. The molecular weight excluding hydrogens is 374 g/mol. The molecule has 0 spiro atoms. The smallest absolute Gasteiger partial charge is 0.161 e. The summed E-state index contributed by atoms with van der Waals surface area (Å²) in [4.78, 5) is 12.3. The van der Waals surface area contributed by atoms with Gasteiger partial charge in [-0.15, -0.1) is 17.0 Å². The van der Waals surface area contributed by atoms with E-state index in [0.717, 1.165) is 6.42 Å². The Labute approximate surface area is 168 Å². The van der Waals surface area contributed by atoms with Gasteiger partial charge in [0, 0.05) is 11.5 Å². The van der Waals surface area contributed by atoms with E-state index in [9.17, 15) is 4.79 Å². The fourth-order valence-electron chi connectivity index (χ4n) is 3.69. The fraction of sp³-hybridized carbons (Fsp3) is 0.864. The highest BCUT2D eigenvalue weighted by atomic mass is 79.9. The zero-order valence-electron chi connectivity index (χ0n) is 17.5. The van der Waals surface area contributed by atoms with Gasteiger partial charge < -0.3 is 5.73 Å². The lowest BCUT2D eigenvalue weighted by molar-refractivity contribution is -0.121. The van der Waals surface area contributed by atoms with Crippen LogP contribution in [0.4, 0.5) is 0 Å². The van der Waals surface area contributed by atoms with Gasteiger partial charge in [0.15, 0.2) is 5.78 Å². The molecule has 0 rings (SSSR count). The Bertz CT molecular complexity index is 360. The summed E-state index contributed by atoms with van der Waals surface area (Å²) in [5.41, 5.74) is 6.69. The third-order valence-electron chi connectivity index (χ3n) is 5.26. The van der Waals surface area contributed by atoms with Gasteiger partial charge in [-0.05, 0) is 38.7 Å². The maximum atomic E-state index is 12.3. The minimum Gasteiger partial charge on any atom is -0.325 e. The second-order valence-electron chi connectivity index (χ2n) is 8.33. The highest BCUT2D eigenvalue weighted by molar-refractivity contribution is 8.93. The lowest BCUT2D eigenvalue weighted by atomic mass is 9.73. The lowest BCUT2D eigenvalue weighted by Gasteiger charge is -2.35. The van der Waals surface area contributed by atoms with Crippen LogP contribution in [0.25, 0.3) is 0 Å². The minimum atomic E-state index is -0.316. The molecule has 0 saturated carbocycles. The number of ketones is 1. The van der Waals surface area contributed by atoms with Crippen LogP contribution in [0, 0.1) is 11.8 Å². The number of carbonyl (C=O) groups is 1. The summed E-state index contributed by atoms with van der Waals surface area (Å²) in [5, 5.41) is 0. The summed E-state index contributed by atoms with van der Waals surface area (Å²) < 4.78 is 0. The third-order valence-corrected chi connectivity index (χ3v) is 5.26. The van der Waals surface area contributed by atoms with Crippen molar-refractivity contribution in [2.75, 3.05) is 0 Å². The van der Waals surface area contributed by atoms with Crippen LogP contribution in [0.2, 0.25) is 0 Å². The molecule has 0 saturated heterocycles. The Morgan fingerprint density at radius 3 is 1.72 bits per heavy atom. The molecule has 0 radical (unpaired) electrons. The Hall–Kier alpha value is -0.150. The van der Waals surface area contributed by atoms with Gasteiger partial charge in [-0.1, -0.05) is 84.6 Å². The van der Waals surface area contributed by atoms with Gasteiger partial charge in [0.2, 0.25) is 0 Å². The van der Waals surface area contributed by atoms with Crippen molar-refractivity contribution in [3.63, 3.8) is 0 Å². The van der Waals surface area contributed by atoms with Crippen molar-refractivity contribution in [1.29, 1.82) is 0 Å². The Morgan fingerprint density at radius 1 is 0.960 bits per heavy atom. The van der Waals surface area contributed by atoms with Crippen LogP contribution >= 0.6 is 17.0 Å². The van der Waals surface area contributed by atoms with Gasteiger partial charge >= 0.3 is 0 Å². The van der Waals surface area contributed by atoms with E-state index in [-0.39, 0.29) is 40.1 Å². The maximum Gasteiger partial charge on any atom is 0.161 e. The zero-order valence-corrected chi connectivity index (χ0v) is 19.2. The molecule has 0 heterocycles. The van der Waals surface area contributed by atoms with Crippen molar-refractivity contribution in [1.82, 2.24) is 0 Å². The first-order valence-corrected chi connectivity index (χ1v) is 10.2. The highest BCUT2D eigenvalue weighted by Crippen LogP contribution is 2.30. The van der Waals surface area contributed by atoms with Crippen molar-refractivity contribution in [3.05, 3.63) is 12.2 Å². The molecule has 0 fully saturated rings. The summed E-state index contributed by atoms with van der Waals surface area (Å²) >= 11 is 0. The molecule has 2 N–H and O–H groups in total. The second kappa shape index (κ2) is 15.0. The molecule has 0 aliphatic heterocycles. The summed E-state index contributed by atoms with van der Waals surface area (Å²) in [7, 11) is 0. The number of nitrogens with two attached hydrogens (primary N) is 1. The minimum absolute atomic E-state index is 0. The van der Waals surface area contributed by atoms with Gasteiger partial charge in [0.1, 0.15) is 0 Å². The Kier molecular flexibility index (Phi) is 16.2. The van der Waals surface area contributed by atoms with Crippen LogP contribution in [-0.4, -0.2) is 11.3 Å². The molecule has 0 aliphatic rings. The fourth-order valence-corrected chi connectivity index (χ4v) is 3.69. The predicted octanol–water partition coefficient (Wildman–Crippen LogP) is 7.01. The van der Waals surface area contributed by atoms with Gasteiger partial charge in [0.25, 0.3) is 0 Å². The number of halogens is 1. The van der Waals surface area contributed by atoms with Crippen LogP contribution in [0.5, 0.6) is 0 Å². The SMILES string of the molecule is Br.C=C(C)C(=O)C(C)C(CCCCCCCCCCCC)C(C)(C)N. The average Bonchev–Trinajstić information content (AvgIpc) is 2.50. The number of Topliss-reactive ketones (excluding diaryl/α,β-unsaturated/α-hetero) is 1. The van der Waals surface area contributed by atoms with Crippen LogP contribution in [0.3, 0.4) is 0 Å². The van der Waals surface area contributed by atoms with Crippen molar-refractivity contribution < 1.29 is 4.79 Å². The molecule has 25 heavy (non-hydrogen) atoms. The van der Waals surface area contributed by atoms with Crippen LogP contribution in [0.15, 0.2) is 12.2 Å². The van der Waals surface area contributed by atoms with Gasteiger partial charge in [-0.25, -0.2) is 0 Å². The maximum absolute atomic E-state index is 12.3. The van der Waals surface area contributed by atoms with E-state index in [0.29, 0.717) is 5.57 Å². The lowest BCUT2D eigenvalue weighted by Crippen LogP contribution is -2.46. The highest BCUT2D eigenvalue weighted by Gasteiger charge is 2.33. The van der Waals surface area contributed by atoms with E-state index in [4.69, 9.17) is 5.73 Å². The van der Waals surface area contributed by atoms with Crippen molar-refractivity contribution in [2.24, 2.45) is 17.6 Å². The van der Waals surface area contributed by atoms with E-state index in [1.54, 1.807) is 6.92 Å². The third kappa shape index (κ3) is 12.8. The Morgan fingerprint density at radius 2 is 1.36 bits per heavy atom. The van der Waals surface area contributed by atoms with Gasteiger partial charge in [-0.2, -0.15) is 0 Å². The first-order valence-electron chi connectivity index (χ1n) is 10.2. The van der Waals surface area contributed by atoms with Crippen molar-refractivity contribution >= 4 is 22.8 Å². The van der Waals surface area contributed by atoms with Gasteiger partial charge in [0.05, 0.1) is 0 Å². The predicted molar refractivity (Wildman–Crippen MR) is 118 cm³/mol. The molecule has 0 aromatic rings. The molecule has 0 bridgehead atoms. The number of unbranched alkanes of at least 4 members (excludes halogenated alkanes) is 9. The monoisotopic (exact) mass is 417 g/mol. The molecule has 3 heteroatoms. The molecule has 0 amide bonds. The summed E-state index contributed by atoms with van der Waals surface area (Å²) in [5.74, 6) is 0.377. The summed E-state index contributed by atoms with van der Waals surface area (Å²) in [6.07, 6.45) is 14.4. The van der Waals surface area contributed by atoms with E-state index in [1.807, 2.05) is 6.92 Å². The molecule has 0 aliphatic carbocycles. The number of hydrogen-bond acceptors (Lipinski definition) is 2. The van der Waals surface area contributed by atoms with E-state index >= 15 is 0 Å². The largest absolute Gasteiger partial charge is 0.325 e. The summed E-state index contributed by atoms with van der Waals surface area (Å²) in [6, 6.07) is 0. The van der Waals surface area contributed by atoms with Crippen LogP contribution in [-0.2, 0) is 4.79 Å². The first-order chi connectivity index (χ1) is 11.2. The van der Waals surface area contributed by atoms with Crippen LogP contribution < -0.4 is 5.73 Å². The van der Waals surface area contributed by atoms with E-state index in [2.05, 4.69) is 27.4 Å². The van der Waals surface area contributed by atoms with Crippen molar-refractivity contribution in [2.45, 2.75) is 111 Å². The standard InChI is InChI=1S/C22H43NO.BrH/c1-7-8-9-10-11-12-13-14-15-16-17-20(22(5,6)23)19(4)21(24)18(2)3;/h19-20H,2,7-17,23H2,1,3-6H3;1H. The quantitative estimate of drug-likeness (QED) is 0.230. The van der Waals surface area contributed by atoms with E-state index in [1.165, 1.54) is 64.2 Å². The van der Waals surface area contributed by atoms with Crippen molar-refractivity contribution in [3.8, 4) is 0 Å². The second-order valence-corrected chi connectivity index (χ2v) is 8.33. The molecule has 150 valence electrons. The van der Waals surface area contributed by atoms with Gasteiger partial charge in [-0.3, -0.25) is 4.79 Å². The molecule has 2 atom stereocenters. The molecule has 0 aromatic heterocycles. The topological polar surface area (TPSA) is 43.1 Å². The molecular formula is C22H44BrNO. The molecule has 2 nitrogen and oxygen atoms in total. The molecule has 0 aromatic carbocycles.